The molecule has 4 heterocycles. The van der Waals surface area contributed by atoms with Crippen molar-refractivity contribution in [2.75, 3.05) is 19.8 Å². The quantitative estimate of drug-likeness (QED) is 0.393. The third-order valence-electron chi connectivity index (χ3n) is 8.69. The number of hydrogen-bond donors (Lipinski definition) is 1. The first-order chi connectivity index (χ1) is 17.7. The predicted molar refractivity (Wildman–Crippen MR) is 139 cm³/mol. The number of aliphatic hydroxyl groups is 1. The van der Waals surface area contributed by atoms with Crippen molar-refractivity contribution in [3.05, 3.63) is 24.3 Å². The lowest BCUT2D eigenvalue weighted by molar-refractivity contribution is -0.163. The highest BCUT2D eigenvalue weighted by atomic mass is 16.6. The van der Waals surface area contributed by atoms with Gasteiger partial charge in [-0.2, -0.15) is 0 Å². The molecule has 4 rings (SSSR count). The van der Waals surface area contributed by atoms with Gasteiger partial charge in [-0.25, -0.2) is 0 Å². The van der Waals surface area contributed by atoms with Crippen LogP contribution in [0.25, 0.3) is 0 Å². The number of carbonyl (C=O) groups is 3. The molecule has 4 aliphatic heterocycles. The highest BCUT2D eigenvalue weighted by Crippen LogP contribution is 2.58. The first-order valence-corrected chi connectivity index (χ1v) is 14.1. The largest absolute Gasteiger partial charge is 0.465 e. The highest BCUT2D eigenvalue weighted by molar-refractivity contribution is 5.99. The van der Waals surface area contributed by atoms with Gasteiger partial charge >= 0.3 is 5.97 Å². The second-order valence-electron chi connectivity index (χ2n) is 11.6. The number of nitrogens with zero attached hydrogens (tertiary/aromatic N) is 2. The molecule has 0 aromatic heterocycles. The van der Waals surface area contributed by atoms with E-state index in [1.54, 1.807) is 4.90 Å². The number of esters is 1. The molecule has 7 atom stereocenters. The van der Waals surface area contributed by atoms with Crippen molar-refractivity contribution in [2.45, 2.75) is 102 Å². The molecule has 0 bridgehead atoms. The molecular weight excluding hydrogens is 472 g/mol. The lowest BCUT2D eigenvalue weighted by Crippen LogP contribution is -2.60. The fourth-order valence-electron chi connectivity index (χ4n) is 7.02. The number of cyclic esters (lactones) is 1. The number of allylic oxidation sites excluding steroid dienone is 1. The molecular formula is C29H44N2O6. The maximum Gasteiger partial charge on any atom is 0.313 e. The third kappa shape index (κ3) is 4.54. The Labute approximate surface area is 221 Å². The van der Waals surface area contributed by atoms with E-state index < -0.39 is 41.1 Å². The van der Waals surface area contributed by atoms with E-state index in [1.165, 1.54) is 0 Å². The number of amides is 2. The van der Waals surface area contributed by atoms with Crippen molar-refractivity contribution in [2.24, 2.45) is 17.8 Å². The van der Waals surface area contributed by atoms with E-state index >= 15 is 0 Å². The van der Waals surface area contributed by atoms with Crippen LogP contribution in [0, 0.1) is 17.8 Å². The van der Waals surface area contributed by atoms with E-state index in [2.05, 4.69) is 6.92 Å². The van der Waals surface area contributed by atoms with Crippen LogP contribution in [0.4, 0.5) is 0 Å². The second-order valence-corrected chi connectivity index (χ2v) is 11.6. The minimum atomic E-state index is -1.32. The summed E-state index contributed by atoms with van der Waals surface area (Å²) in [6.45, 7) is 10.6. The summed E-state index contributed by atoms with van der Waals surface area (Å²) in [5, 5.41) is 10.4. The molecule has 0 aromatic rings. The number of likely N-dealkylation sites (tertiary alicyclic amines) is 1. The summed E-state index contributed by atoms with van der Waals surface area (Å²) in [5.74, 6) is -2.52. The smallest absolute Gasteiger partial charge is 0.313 e. The number of fused-ring (bicyclic) bond motifs is 2. The van der Waals surface area contributed by atoms with Crippen LogP contribution < -0.4 is 0 Å². The molecule has 0 radical (unpaired) electrons. The Balaban J connectivity index is 1.90. The molecule has 37 heavy (non-hydrogen) atoms. The van der Waals surface area contributed by atoms with Crippen molar-refractivity contribution >= 4 is 17.8 Å². The van der Waals surface area contributed by atoms with Crippen molar-refractivity contribution < 1.29 is 29.0 Å². The molecule has 8 heteroatoms. The zero-order valence-electron chi connectivity index (χ0n) is 23.0. The first kappa shape index (κ1) is 27.8. The summed E-state index contributed by atoms with van der Waals surface area (Å²) in [7, 11) is 0. The maximum absolute atomic E-state index is 14.4. The number of aliphatic hydroxyl groups excluding tert-OH is 1. The van der Waals surface area contributed by atoms with Gasteiger partial charge in [-0.1, -0.05) is 58.4 Å². The van der Waals surface area contributed by atoms with Crippen molar-refractivity contribution in [3.63, 3.8) is 0 Å². The molecule has 2 fully saturated rings. The van der Waals surface area contributed by atoms with E-state index in [0.717, 1.165) is 19.3 Å². The summed E-state index contributed by atoms with van der Waals surface area (Å²) in [4.78, 5) is 45.8. The minimum Gasteiger partial charge on any atom is -0.465 e. The normalized spacial score (nSPS) is 36.2. The van der Waals surface area contributed by atoms with Crippen LogP contribution in [-0.4, -0.2) is 81.8 Å². The molecule has 0 saturated carbocycles. The number of carbonyl (C=O) groups excluding carboxylic acids is 3. The molecule has 1 N–H and O–H groups in total. The topological polar surface area (TPSA) is 96.4 Å². The van der Waals surface area contributed by atoms with Gasteiger partial charge in [-0.15, -0.1) is 0 Å². The summed E-state index contributed by atoms with van der Waals surface area (Å²) in [5.41, 5.74) is -2.36. The summed E-state index contributed by atoms with van der Waals surface area (Å²) < 4.78 is 12.6. The van der Waals surface area contributed by atoms with Gasteiger partial charge in [0.15, 0.2) is 0 Å². The standard InChI is InChI=1S/C29H44N2O6/c1-6-12-20(5)30-15-11-14-29-22(23-27(35)36-16-10-8-9-13-28(23,7-2)37-29)25(33)31(24(29)26(30)34)21(18-32)17-19(3)4/h9,11,13-14,19-24,32H,6-8,10,12,15-18H2,1-5H3/b13-9-/t20?,21-,22+,23+,24?,28-,29+/m1/s1. The van der Waals surface area contributed by atoms with Crippen LogP contribution in [0.1, 0.15) is 73.1 Å². The third-order valence-corrected chi connectivity index (χ3v) is 8.69. The molecule has 8 nitrogen and oxygen atoms in total. The van der Waals surface area contributed by atoms with Gasteiger partial charge in [-0.3, -0.25) is 14.4 Å². The van der Waals surface area contributed by atoms with Crippen molar-refractivity contribution in [1.29, 1.82) is 0 Å². The Morgan fingerprint density at radius 1 is 1.08 bits per heavy atom. The molecule has 2 saturated heterocycles. The summed E-state index contributed by atoms with van der Waals surface area (Å²) in [6, 6.07) is -1.53. The van der Waals surface area contributed by atoms with Crippen LogP contribution in [0.5, 0.6) is 0 Å². The lowest BCUT2D eigenvalue weighted by Gasteiger charge is -2.42. The Morgan fingerprint density at radius 2 is 1.84 bits per heavy atom. The summed E-state index contributed by atoms with van der Waals surface area (Å²) in [6.07, 6.45) is 12.0. The molecule has 206 valence electrons. The van der Waals surface area contributed by atoms with Crippen LogP contribution in [0.3, 0.4) is 0 Å². The van der Waals surface area contributed by atoms with Gasteiger partial charge < -0.3 is 24.4 Å². The van der Waals surface area contributed by atoms with E-state index in [4.69, 9.17) is 9.47 Å². The number of ether oxygens (including phenoxy) is 2. The van der Waals surface area contributed by atoms with Crippen molar-refractivity contribution in [3.8, 4) is 0 Å². The SMILES string of the molecule is CCCC(C)N1CC=C[C@]23O[C@]4(CC)/C=C\CCCOC(=O)[C@@H]4[C@H]2C(=O)N([C@@H](CO)CC(C)C)C3C1=O. The zero-order valence-corrected chi connectivity index (χ0v) is 23.0. The predicted octanol–water partition coefficient (Wildman–Crippen LogP) is 3.23. The van der Waals surface area contributed by atoms with E-state index in [1.807, 2.05) is 56.9 Å². The van der Waals surface area contributed by atoms with Crippen LogP contribution >= 0.6 is 0 Å². The average Bonchev–Trinajstić information content (AvgIpc) is 3.24. The van der Waals surface area contributed by atoms with Gasteiger partial charge in [0.05, 0.1) is 25.2 Å². The van der Waals surface area contributed by atoms with Crippen molar-refractivity contribution in [1.82, 2.24) is 9.80 Å². The minimum absolute atomic E-state index is 0.0189. The fraction of sp³-hybridized carbons (Fsp3) is 0.759. The monoisotopic (exact) mass is 516 g/mol. The van der Waals surface area contributed by atoms with Crippen LogP contribution in [0.15, 0.2) is 24.3 Å². The van der Waals surface area contributed by atoms with Gasteiger partial charge in [0, 0.05) is 12.6 Å². The Bertz CT molecular complexity index is 947. The van der Waals surface area contributed by atoms with Crippen LogP contribution in [-0.2, 0) is 23.9 Å². The Hall–Kier alpha value is -2.19. The van der Waals surface area contributed by atoms with E-state index in [-0.39, 0.29) is 37.0 Å². The average molecular weight is 517 g/mol. The van der Waals surface area contributed by atoms with Gasteiger partial charge in [0.2, 0.25) is 11.8 Å². The highest BCUT2D eigenvalue weighted by Gasteiger charge is 2.76. The molecule has 1 spiro atoms. The Kier molecular flexibility index (Phi) is 8.19. The Morgan fingerprint density at radius 3 is 2.49 bits per heavy atom. The van der Waals surface area contributed by atoms with Gasteiger partial charge in [0.1, 0.15) is 23.2 Å². The van der Waals surface area contributed by atoms with Gasteiger partial charge in [-0.05, 0) is 44.9 Å². The van der Waals surface area contributed by atoms with Crippen LogP contribution in [0.2, 0.25) is 0 Å². The molecule has 2 amide bonds. The van der Waals surface area contributed by atoms with E-state index in [0.29, 0.717) is 25.8 Å². The first-order valence-electron chi connectivity index (χ1n) is 14.1. The molecule has 0 aromatic carbocycles. The maximum atomic E-state index is 14.4. The van der Waals surface area contributed by atoms with E-state index in [9.17, 15) is 19.5 Å². The number of hydrogen-bond acceptors (Lipinski definition) is 6. The summed E-state index contributed by atoms with van der Waals surface area (Å²) >= 11 is 0. The van der Waals surface area contributed by atoms with Gasteiger partial charge in [0.25, 0.3) is 0 Å². The molecule has 2 unspecified atom stereocenters. The zero-order chi connectivity index (χ0) is 27.0. The number of rotatable bonds is 8. The second kappa shape index (κ2) is 10.9. The lowest BCUT2D eigenvalue weighted by atomic mass is 9.73. The molecule has 0 aliphatic carbocycles. The fourth-order valence-corrected chi connectivity index (χ4v) is 7.02. The molecule has 4 aliphatic rings.